The lowest BCUT2D eigenvalue weighted by Gasteiger charge is -2.23. The Morgan fingerprint density at radius 2 is 1.77 bits per heavy atom. The van der Waals surface area contributed by atoms with E-state index in [9.17, 15) is 0 Å². The van der Waals surface area contributed by atoms with E-state index >= 15 is 0 Å². The number of benzene rings is 2. The summed E-state index contributed by atoms with van der Waals surface area (Å²) in [4.78, 5) is 2.31. The van der Waals surface area contributed by atoms with Crippen LogP contribution in [0.5, 0.6) is 0 Å². The van der Waals surface area contributed by atoms with Gasteiger partial charge in [-0.05, 0) is 50.2 Å². The van der Waals surface area contributed by atoms with Crippen LogP contribution in [-0.2, 0) is 0 Å². The molecule has 0 spiro atoms. The normalized spacial score (nSPS) is 12.6. The van der Waals surface area contributed by atoms with Gasteiger partial charge in [0.2, 0.25) is 0 Å². The van der Waals surface area contributed by atoms with E-state index in [4.69, 9.17) is 17.3 Å². The molecule has 0 fully saturated rings. The molecule has 0 amide bonds. The fourth-order valence-electron chi connectivity index (χ4n) is 2.62. The molecule has 4 N–H and O–H groups in total. The van der Waals surface area contributed by atoms with Gasteiger partial charge >= 0.3 is 0 Å². The number of halogens is 1. The number of hydrogen-bond donors (Lipinski definition) is 3. The zero-order chi connectivity index (χ0) is 15.7. The van der Waals surface area contributed by atoms with Gasteiger partial charge < -0.3 is 10.6 Å². The quantitative estimate of drug-likeness (QED) is 0.746. The maximum absolute atomic E-state index is 6.22. The zero-order valence-corrected chi connectivity index (χ0v) is 13.5. The minimum absolute atomic E-state index is 0.602. The minimum Gasteiger partial charge on any atom is -0.399 e. The molecule has 1 aliphatic heterocycles. The highest BCUT2D eigenvalue weighted by molar-refractivity contribution is 6.34. The molecule has 0 unspecified atom stereocenters. The summed E-state index contributed by atoms with van der Waals surface area (Å²) in [5.41, 5.74) is 16.9. The van der Waals surface area contributed by atoms with Gasteiger partial charge in [-0.3, -0.25) is 10.9 Å². The summed E-state index contributed by atoms with van der Waals surface area (Å²) in [6.45, 7) is 6.31. The van der Waals surface area contributed by atoms with Crippen LogP contribution < -0.4 is 26.6 Å². The number of hydrazine groups is 2. The molecule has 1 heterocycles. The van der Waals surface area contributed by atoms with Crippen LogP contribution in [0.4, 0.5) is 28.4 Å². The van der Waals surface area contributed by atoms with Crippen LogP contribution in [0.25, 0.3) is 0 Å². The number of anilines is 5. The number of fused-ring (bicyclic) bond motifs is 1. The lowest BCUT2D eigenvalue weighted by Crippen LogP contribution is -2.29. The van der Waals surface area contributed by atoms with E-state index < -0.39 is 0 Å². The molecule has 2 aromatic carbocycles. The molecule has 22 heavy (non-hydrogen) atoms. The minimum atomic E-state index is 0.602. The van der Waals surface area contributed by atoms with Crippen LogP contribution in [0.1, 0.15) is 13.8 Å². The molecule has 0 bridgehead atoms. The van der Waals surface area contributed by atoms with Crippen LogP contribution >= 0.6 is 11.6 Å². The highest BCUT2D eigenvalue weighted by Crippen LogP contribution is 2.38. The van der Waals surface area contributed by atoms with Crippen LogP contribution in [0.2, 0.25) is 5.02 Å². The van der Waals surface area contributed by atoms with Gasteiger partial charge in [0.05, 0.1) is 22.1 Å². The Balaban J connectivity index is 1.81. The maximum atomic E-state index is 6.22. The Kier molecular flexibility index (Phi) is 3.90. The van der Waals surface area contributed by atoms with Crippen LogP contribution in [0.15, 0.2) is 36.4 Å². The van der Waals surface area contributed by atoms with Gasteiger partial charge in [-0.15, -0.1) is 0 Å². The number of nitrogens with two attached hydrogens (primary N) is 1. The Hall–Kier alpha value is -2.27. The van der Waals surface area contributed by atoms with E-state index in [-0.39, 0.29) is 0 Å². The summed E-state index contributed by atoms with van der Waals surface area (Å²) < 4.78 is 0. The second-order valence-electron chi connectivity index (χ2n) is 5.17. The Labute approximate surface area is 135 Å². The first-order chi connectivity index (χ1) is 10.6. The standard InChI is InChI=1S/C16H20ClN5/c1-3-21(4-2)12-5-7-13(8-6-12)22-19-15-10-11(18)9-14(17)16(15)20-22/h5-10,19-20H,3-4,18H2,1-2H3. The second-order valence-corrected chi connectivity index (χ2v) is 5.58. The smallest absolute Gasteiger partial charge is 0.0999 e. The summed E-state index contributed by atoms with van der Waals surface area (Å²) in [6.07, 6.45) is 0. The number of nitrogens with zero attached hydrogens (tertiary/aromatic N) is 2. The van der Waals surface area contributed by atoms with Crippen molar-refractivity contribution < 1.29 is 0 Å². The highest BCUT2D eigenvalue weighted by atomic mass is 35.5. The maximum Gasteiger partial charge on any atom is 0.0999 e. The van der Waals surface area contributed by atoms with Crippen molar-refractivity contribution in [1.29, 1.82) is 0 Å². The molecule has 1 aliphatic rings. The van der Waals surface area contributed by atoms with E-state index in [0.717, 1.165) is 30.2 Å². The molecule has 0 aliphatic carbocycles. The van der Waals surface area contributed by atoms with Gasteiger partial charge in [0.25, 0.3) is 0 Å². The molecule has 3 rings (SSSR count). The molecule has 0 aromatic heterocycles. The third-order valence-electron chi connectivity index (χ3n) is 3.80. The van der Waals surface area contributed by atoms with E-state index in [1.807, 2.05) is 11.2 Å². The Morgan fingerprint density at radius 3 is 2.41 bits per heavy atom. The molecule has 0 atom stereocenters. The molecular weight excluding hydrogens is 298 g/mol. The second kappa shape index (κ2) is 5.85. The molecule has 0 radical (unpaired) electrons. The van der Waals surface area contributed by atoms with Crippen LogP contribution in [-0.4, -0.2) is 13.1 Å². The largest absolute Gasteiger partial charge is 0.399 e. The lowest BCUT2D eigenvalue weighted by atomic mass is 10.2. The summed E-state index contributed by atoms with van der Waals surface area (Å²) in [6, 6.07) is 12.0. The van der Waals surface area contributed by atoms with Crippen LogP contribution in [0, 0.1) is 0 Å². The number of hydrogen-bond acceptors (Lipinski definition) is 5. The van der Waals surface area contributed by atoms with E-state index in [2.05, 4.69) is 53.9 Å². The predicted molar refractivity (Wildman–Crippen MR) is 95.6 cm³/mol. The summed E-state index contributed by atoms with van der Waals surface area (Å²) in [5, 5.41) is 2.44. The average molecular weight is 318 g/mol. The molecule has 2 aromatic rings. The van der Waals surface area contributed by atoms with Crippen molar-refractivity contribution in [2.24, 2.45) is 0 Å². The monoisotopic (exact) mass is 317 g/mol. The van der Waals surface area contributed by atoms with Gasteiger partial charge in [0, 0.05) is 24.5 Å². The van der Waals surface area contributed by atoms with Crippen molar-refractivity contribution in [3.8, 4) is 0 Å². The first kappa shape index (κ1) is 14.7. The summed E-state index contributed by atoms with van der Waals surface area (Å²) in [7, 11) is 0. The summed E-state index contributed by atoms with van der Waals surface area (Å²) >= 11 is 6.22. The van der Waals surface area contributed by atoms with E-state index in [1.165, 1.54) is 5.69 Å². The fourth-order valence-corrected chi connectivity index (χ4v) is 2.89. The molecule has 0 saturated carbocycles. The molecular formula is C16H20ClN5. The molecule has 6 heteroatoms. The third kappa shape index (κ3) is 2.60. The number of nitrogens with one attached hydrogen (secondary N) is 2. The number of nitrogen functional groups attached to an aromatic ring is 1. The van der Waals surface area contributed by atoms with Crippen LogP contribution in [0.3, 0.4) is 0 Å². The Bertz CT molecular complexity index is 667. The Morgan fingerprint density at radius 1 is 1.09 bits per heavy atom. The summed E-state index contributed by atoms with van der Waals surface area (Å²) in [5.74, 6) is 0. The van der Waals surface area contributed by atoms with Crippen molar-refractivity contribution in [1.82, 2.24) is 0 Å². The fraction of sp³-hybridized carbons (Fsp3) is 0.250. The van der Waals surface area contributed by atoms with Crippen molar-refractivity contribution in [3.63, 3.8) is 0 Å². The van der Waals surface area contributed by atoms with Gasteiger partial charge in [-0.25, -0.2) is 0 Å². The predicted octanol–water partition coefficient (Wildman–Crippen LogP) is 3.94. The first-order valence-electron chi connectivity index (χ1n) is 7.39. The SMILES string of the molecule is CCN(CC)c1ccc(N2Nc3cc(N)cc(Cl)c3N2)cc1. The molecule has 116 valence electrons. The topological polar surface area (TPSA) is 56.6 Å². The van der Waals surface area contributed by atoms with E-state index in [0.29, 0.717) is 10.7 Å². The number of rotatable bonds is 4. The first-order valence-corrected chi connectivity index (χ1v) is 7.77. The lowest BCUT2D eigenvalue weighted by molar-refractivity contribution is 0.866. The van der Waals surface area contributed by atoms with Gasteiger partial charge in [0.15, 0.2) is 0 Å². The third-order valence-corrected chi connectivity index (χ3v) is 4.10. The zero-order valence-electron chi connectivity index (χ0n) is 12.7. The van der Waals surface area contributed by atoms with E-state index in [1.54, 1.807) is 6.07 Å². The average Bonchev–Trinajstić information content (AvgIpc) is 2.93. The van der Waals surface area contributed by atoms with Crippen molar-refractivity contribution in [3.05, 3.63) is 41.4 Å². The van der Waals surface area contributed by atoms with Crippen molar-refractivity contribution >= 4 is 40.0 Å². The van der Waals surface area contributed by atoms with Gasteiger partial charge in [0.1, 0.15) is 0 Å². The van der Waals surface area contributed by atoms with Gasteiger partial charge in [-0.2, -0.15) is 5.12 Å². The molecule has 5 nitrogen and oxygen atoms in total. The van der Waals surface area contributed by atoms with Crippen molar-refractivity contribution in [2.45, 2.75) is 13.8 Å². The van der Waals surface area contributed by atoms with Gasteiger partial charge in [-0.1, -0.05) is 11.6 Å². The molecule has 0 saturated heterocycles. The highest BCUT2D eigenvalue weighted by Gasteiger charge is 2.21. The van der Waals surface area contributed by atoms with Crippen molar-refractivity contribution in [2.75, 3.05) is 39.7 Å².